The van der Waals surface area contributed by atoms with Gasteiger partial charge in [-0.05, 0) is 24.4 Å². The van der Waals surface area contributed by atoms with Gasteiger partial charge in [0, 0.05) is 10.3 Å². The van der Waals surface area contributed by atoms with Crippen molar-refractivity contribution in [3.8, 4) is 11.3 Å². The van der Waals surface area contributed by atoms with Crippen molar-refractivity contribution < 1.29 is 4.79 Å². The van der Waals surface area contributed by atoms with E-state index in [4.69, 9.17) is 0 Å². The van der Waals surface area contributed by atoms with Crippen molar-refractivity contribution in [1.82, 2.24) is 4.98 Å². The number of aromatic nitrogens is 1. The van der Waals surface area contributed by atoms with Gasteiger partial charge in [0.05, 0.1) is 16.1 Å². The number of ketones is 1. The molecule has 4 aromatic rings. The molecule has 4 rings (SSSR count). The number of benzene rings is 2. The van der Waals surface area contributed by atoms with Crippen LogP contribution in [-0.4, -0.2) is 10.8 Å². The Kier molecular flexibility index (Phi) is 3.56. The van der Waals surface area contributed by atoms with E-state index in [-0.39, 0.29) is 5.78 Å². The van der Waals surface area contributed by atoms with E-state index >= 15 is 0 Å². The standard InChI is InChI=1S/C19H13NOS2/c1-12-6-8-13(9-7-12)17-19(22-11-20-17)18(21)16-10-14-4-2-3-5-15(14)23-16/h2-11H,1H3. The lowest BCUT2D eigenvalue weighted by molar-refractivity contribution is 0.104. The third-order valence-electron chi connectivity index (χ3n) is 3.75. The predicted octanol–water partition coefficient (Wildman–Crippen LogP) is 5.56. The lowest BCUT2D eigenvalue weighted by Crippen LogP contribution is -1.98. The number of hydrogen-bond donors (Lipinski definition) is 0. The van der Waals surface area contributed by atoms with E-state index in [0.29, 0.717) is 4.88 Å². The quantitative estimate of drug-likeness (QED) is 0.458. The molecule has 2 nitrogen and oxygen atoms in total. The number of thiophene rings is 1. The molecule has 0 N–H and O–H groups in total. The van der Waals surface area contributed by atoms with Gasteiger partial charge >= 0.3 is 0 Å². The van der Waals surface area contributed by atoms with E-state index in [9.17, 15) is 4.79 Å². The summed E-state index contributed by atoms with van der Waals surface area (Å²) in [5.41, 5.74) is 4.70. The SMILES string of the molecule is Cc1ccc(-c2ncsc2C(=O)c2cc3ccccc3s2)cc1. The van der Waals surface area contributed by atoms with Crippen LogP contribution in [0.2, 0.25) is 0 Å². The third kappa shape index (κ3) is 2.60. The zero-order valence-corrected chi connectivity index (χ0v) is 14.1. The predicted molar refractivity (Wildman–Crippen MR) is 97.5 cm³/mol. The molecule has 0 amide bonds. The number of thiazole rings is 1. The van der Waals surface area contributed by atoms with Gasteiger partial charge in [0.1, 0.15) is 4.88 Å². The third-order valence-corrected chi connectivity index (χ3v) is 5.69. The van der Waals surface area contributed by atoms with Gasteiger partial charge in [0.25, 0.3) is 0 Å². The van der Waals surface area contributed by atoms with Crippen LogP contribution in [0, 0.1) is 6.92 Å². The molecule has 0 aliphatic heterocycles. The molecule has 0 atom stereocenters. The highest BCUT2D eigenvalue weighted by molar-refractivity contribution is 7.22. The van der Waals surface area contributed by atoms with Crippen LogP contribution >= 0.6 is 22.7 Å². The Labute approximate surface area is 142 Å². The molecule has 0 fully saturated rings. The fourth-order valence-electron chi connectivity index (χ4n) is 2.53. The molecule has 0 saturated carbocycles. The zero-order chi connectivity index (χ0) is 15.8. The van der Waals surface area contributed by atoms with Crippen molar-refractivity contribution in [3.05, 3.63) is 75.4 Å². The average Bonchev–Trinajstić information content (AvgIpc) is 3.21. The van der Waals surface area contributed by atoms with Crippen molar-refractivity contribution in [3.63, 3.8) is 0 Å². The highest BCUT2D eigenvalue weighted by Gasteiger charge is 2.19. The van der Waals surface area contributed by atoms with Gasteiger partial charge in [-0.15, -0.1) is 22.7 Å². The topological polar surface area (TPSA) is 30.0 Å². The first kappa shape index (κ1) is 14.3. The van der Waals surface area contributed by atoms with E-state index in [1.165, 1.54) is 28.2 Å². The van der Waals surface area contributed by atoms with Crippen LogP contribution < -0.4 is 0 Å². The summed E-state index contributed by atoms with van der Waals surface area (Å²) in [6.45, 7) is 2.05. The molecule has 0 unspecified atom stereocenters. The molecule has 0 saturated heterocycles. The van der Waals surface area contributed by atoms with E-state index < -0.39 is 0 Å². The molecule has 0 spiro atoms. The Balaban J connectivity index is 1.77. The van der Waals surface area contributed by atoms with E-state index in [1.54, 1.807) is 5.51 Å². The van der Waals surface area contributed by atoms with Crippen LogP contribution in [0.4, 0.5) is 0 Å². The second-order valence-electron chi connectivity index (χ2n) is 5.37. The molecule has 112 valence electrons. The fraction of sp³-hybridized carbons (Fsp3) is 0.0526. The summed E-state index contributed by atoms with van der Waals surface area (Å²) in [6, 6.07) is 18.2. The van der Waals surface area contributed by atoms with Gasteiger partial charge in [-0.1, -0.05) is 48.0 Å². The number of rotatable bonds is 3. The molecule has 4 heteroatoms. The zero-order valence-electron chi connectivity index (χ0n) is 12.4. The number of fused-ring (bicyclic) bond motifs is 1. The van der Waals surface area contributed by atoms with E-state index in [2.05, 4.69) is 4.98 Å². The summed E-state index contributed by atoms with van der Waals surface area (Å²) in [4.78, 5) is 18.8. The summed E-state index contributed by atoms with van der Waals surface area (Å²) < 4.78 is 1.14. The molecule has 0 aliphatic carbocycles. The first-order valence-corrected chi connectivity index (χ1v) is 8.96. The fourth-order valence-corrected chi connectivity index (χ4v) is 4.37. The molecule has 23 heavy (non-hydrogen) atoms. The maximum absolute atomic E-state index is 12.9. The van der Waals surface area contributed by atoms with Gasteiger partial charge in [-0.3, -0.25) is 4.79 Å². The van der Waals surface area contributed by atoms with E-state index in [1.807, 2.05) is 61.5 Å². The van der Waals surface area contributed by atoms with Crippen LogP contribution in [0.5, 0.6) is 0 Å². The Morgan fingerprint density at radius 3 is 2.61 bits per heavy atom. The molecule has 0 radical (unpaired) electrons. The average molecular weight is 335 g/mol. The normalized spacial score (nSPS) is 11.0. The van der Waals surface area contributed by atoms with Gasteiger partial charge in [-0.2, -0.15) is 0 Å². The van der Waals surface area contributed by atoms with Gasteiger partial charge < -0.3 is 0 Å². The second-order valence-corrected chi connectivity index (χ2v) is 7.31. The Bertz CT molecular complexity index is 963. The smallest absolute Gasteiger partial charge is 0.215 e. The molecular weight excluding hydrogens is 322 g/mol. The minimum Gasteiger partial charge on any atom is -0.287 e. The Morgan fingerprint density at radius 1 is 1.04 bits per heavy atom. The monoisotopic (exact) mass is 335 g/mol. The first-order valence-electron chi connectivity index (χ1n) is 7.26. The largest absolute Gasteiger partial charge is 0.287 e. The number of aryl methyl sites for hydroxylation is 1. The van der Waals surface area contributed by atoms with Gasteiger partial charge in [0.2, 0.25) is 5.78 Å². The van der Waals surface area contributed by atoms with Crippen LogP contribution in [0.1, 0.15) is 20.1 Å². The lowest BCUT2D eigenvalue weighted by Gasteiger charge is -2.01. The van der Waals surface area contributed by atoms with Crippen molar-refractivity contribution >= 4 is 38.5 Å². The first-order chi connectivity index (χ1) is 11.2. The van der Waals surface area contributed by atoms with Crippen LogP contribution in [0.25, 0.3) is 21.3 Å². The van der Waals surface area contributed by atoms with Gasteiger partial charge in [-0.25, -0.2) is 4.98 Å². The summed E-state index contributed by atoms with van der Waals surface area (Å²) >= 11 is 2.95. The summed E-state index contributed by atoms with van der Waals surface area (Å²) in [7, 11) is 0. The maximum atomic E-state index is 12.9. The second kappa shape index (κ2) is 5.72. The molecule has 0 bridgehead atoms. The number of carbonyl (C=O) groups excluding carboxylic acids is 1. The van der Waals surface area contributed by atoms with Crippen molar-refractivity contribution in [2.24, 2.45) is 0 Å². The summed E-state index contributed by atoms with van der Waals surface area (Å²) in [5.74, 6) is 0.0595. The van der Waals surface area contributed by atoms with Crippen LogP contribution in [0.15, 0.2) is 60.1 Å². The Hall–Kier alpha value is -2.30. The lowest BCUT2D eigenvalue weighted by atomic mass is 10.1. The minimum atomic E-state index is 0.0595. The summed E-state index contributed by atoms with van der Waals surface area (Å²) in [6.07, 6.45) is 0. The Morgan fingerprint density at radius 2 is 1.83 bits per heavy atom. The highest BCUT2D eigenvalue weighted by atomic mass is 32.1. The molecule has 2 aromatic heterocycles. The minimum absolute atomic E-state index is 0.0595. The summed E-state index contributed by atoms with van der Waals surface area (Å²) in [5, 5.41) is 1.11. The van der Waals surface area contributed by atoms with Crippen molar-refractivity contribution in [1.29, 1.82) is 0 Å². The number of carbonyl (C=O) groups is 1. The molecule has 2 aromatic carbocycles. The van der Waals surface area contributed by atoms with E-state index in [0.717, 1.165) is 26.2 Å². The maximum Gasteiger partial charge on any atom is 0.215 e. The van der Waals surface area contributed by atoms with Gasteiger partial charge in [0.15, 0.2) is 0 Å². The molecular formula is C19H13NOS2. The number of nitrogens with zero attached hydrogens (tertiary/aromatic N) is 1. The molecule has 0 aliphatic rings. The van der Waals surface area contributed by atoms with Crippen LogP contribution in [0.3, 0.4) is 0 Å². The molecule has 2 heterocycles. The van der Waals surface area contributed by atoms with Crippen molar-refractivity contribution in [2.75, 3.05) is 0 Å². The highest BCUT2D eigenvalue weighted by Crippen LogP contribution is 2.32. The number of hydrogen-bond acceptors (Lipinski definition) is 4. The van der Waals surface area contributed by atoms with Crippen molar-refractivity contribution in [2.45, 2.75) is 6.92 Å². The van der Waals surface area contributed by atoms with Crippen LogP contribution in [-0.2, 0) is 0 Å².